The first-order valence-corrected chi connectivity index (χ1v) is 8.81. The number of amides is 2. The number of hydrogen-bond acceptors (Lipinski definition) is 6. The zero-order valence-corrected chi connectivity index (χ0v) is 15.9. The third-order valence-corrected chi connectivity index (χ3v) is 3.88. The Morgan fingerprint density at radius 3 is 2.24 bits per heavy atom. The van der Waals surface area contributed by atoms with E-state index in [4.69, 9.17) is 0 Å². The van der Waals surface area contributed by atoms with Crippen molar-refractivity contribution in [3.05, 3.63) is 72.1 Å². The topological polar surface area (TPSA) is 113 Å². The molecule has 3 aromatic rings. The minimum atomic E-state index is -0.405. The summed E-state index contributed by atoms with van der Waals surface area (Å²) in [4.78, 5) is 43.3. The van der Waals surface area contributed by atoms with E-state index in [0.717, 1.165) is 0 Å². The predicted octanol–water partition coefficient (Wildman–Crippen LogP) is 3.63. The molecule has 2 amide bonds. The molecule has 0 aliphatic heterocycles. The lowest BCUT2D eigenvalue weighted by Gasteiger charge is -2.09. The quantitative estimate of drug-likeness (QED) is 0.555. The third kappa shape index (κ3) is 5.46. The number of hydrogen-bond donors (Lipinski definition) is 3. The van der Waals surface area contributed by atoms with Crippen LogP contribution in [0.4, 0.5) is 23.0 Å². The van der Waals surface area contributed by atoms with E-state index in [9.17, 15) is 14.4 Å². The Hall–Kier alpha value is -4.07. The van der Waals surface area contributed by atoms with Gasteiger partial charge < -0.3 is 16.0 Å². The zero-order chi connectivity index (χ0) is 20.8. The molecule has 3 rings (SSSR count). The van der Waals surface area contributed by atoms with Crippen molar-refractivity contribution < 1.29 is 14.4 Å². The van der Waals surface area contributed by atoms with E-state index in [-0.39, 0.29) is 23.3 Å². The molecule has 0 spiro atoms. The summed E-state index contributed by atoms with van der Waals surface area (Å²) in [7, 11) is 0. The molecule has 2 aromatic carbocycles. The van der Waals surface area contributed by atoms with E-state index in [1.54, 1.807) is 48.5 Å². The van der Waals surface area contributed by atoms with Gasteiger partial charge in [-0.3, -0.25) is 14.4 Å². The maximum atomic E-state index is 12.5. The largest absolute Gasteiger partial charge is 0.326 e. The number of rotatable bonds is 6. The van der Waals surface area contributed by atoms with Gasteiger partial charge in [0.05, 0.1) is 0 Å². The van der Waals surface area contributed by atoms with E-state index < -0.39 is 5.91 Å². The SMILES string of the molecule is CC(=O)Nc1cccc(Nc2nccc(C(=O)Nc3ccc(C(C)=O)cc3)n2)c1. The Morgan fingerprint density at radius 1 is 0.828 bits per heavy atom. The average Bonchev–Trinajstić information content (AvgIpc) is 2.68. The van der Waals surface area contributed by atoms with Gasteiger partial charge in [0.1, 0.15) is 5.69 Å². The molecule has 146 valence electrons. The van der Waals surface area contributed by atoms with Gasteiger partial charge >= 0.3 is 0 Å². The molecule has 0 bridgehead atoms. The predicted molar refractivity (Wildman–Crippen MR) is 110 cm³/mol. The number of carbonyl (C=O) groups is 3. The molecule has 0 aliphatic carbocycles. The molecule has 29 heavy (non-hydrogen) atoms. The maximum absolute atomic E-state index is 12.5. The molecule has 8 nitrogen and oxygen atoms in total. The van der Waals surface area contributed by atoms with Crippen molar-refractivity contribution in [1.82, 2.24) is 9.97 Å². The van der Waals surface area contributed by atoms with Crippen LogP contribution in [0.1, 0.15) is 34.7 Å². The summed E-state index contributed by atoms with van der Waals surface area (Å²) < 4.78 is 0. The summed E-state index contributed by atoms with van der Waals surface area (Å²) >= 11 is 0. The fraction of sp³-hybridized carbons (Fsp3) is 0.0952. The summed E-state index contributed by atoms with van der Waals surface area (Å²) in [6.45, 7) is 2.91. The second kappa shape index (κ2) is 8.75. The minimum Gasteiger partial charge on any atom is -0.326 e. The molecule has 1 aromatic heterocycles. The van der Waals surface area contributed by atoms with Gasteiger partial charge in [0, 0.05) is 35.7 Å². The van der Waals surface area contributed by atoms with E-state index in [1.165, 1.54) is 26.1 Å². The van der Waals surface area contributed by atoms with Gasteiger partial charge in [-0.15, -0.1) is 0 Å². The lowest BCUT2D eigenvalue weighted by Crippen LogP contribution is -2.15. The molecule has 0 atom stereocenters. The fourth-order valence-electron chi connectivity index (χ4n) is 2.54. The lowest BCUT2D eigenvalue weighted by atomic mass is 10.1. The molecule has 3 N–H and O–H groups in total. The van der Waals surface area contributed by atoms with E-state index in [1.807, 2.05) is 0 Å². The van der Waals surface area contributed by atoms with Crippen LogP contribution in [0, 0.1) is 0 Å². The number of nitrogens with one attached hydrogen (secondary N) is 3. The van der Waals surface area contributed by atoms with Crippen LogP contribution >= 0.6 is 0 Å². The van der Waals surface area contributed by atoms with Crippen LogP contribution in [0.2, 0.25) is 0 Å². The highest BCUT2D eigenvalue weighted by Crippen LogP contribution is 2.18. The zero-order valence-electron chi connectivity index (χ0n) is 15.9. The van der Waals surface area contributed by atoms with E-state index >= 15 is 0 Å². The van der Waals surface area contributed by atoms with E-state index in [2.05, 4.69) is 25.9 Å². The number of nitrogens with zero attached hydrogens (tertiary/aromatic N) is 2. The van der Waals surface area contributed by atoms with Crippen molar-refractivity contribution in [1.29, 1.82) is 0 Å². The number of Topliss-reactive ketones (excluding diaryl/α,β-unsaturated/α-hetero) is 1. The molecule has 0 fully saturated rings. The van der Waals surface area contributed by atoms with Crippen molar-refractivity contribution in [2.45, 2.75) is 13.8 Å². The molecule has 0 aliphatic rings. The van der Waals surface area contributed by atoms with Crippen molar-refractivity contribution in [3.8, 4) is 0 Å². The second-order valence-electron chi connectivity index (χ2n) is 6.24. The Labute approximate surface area is 167 Å². The van der Waals surface area contributed by atoms with Gasteiger partial charge in [0.25, 0.3) is 5.91 Å². The first kappa shape index (κ1) is 19.7. The number of aromatic nitrogens is 2. The van der Waals surface area contributed by atoms with Crippen molar-refractivity contribution in [2.24, 2.45) is 0 Å². The fourth-order valence-corrected chi connectivity index (χ4v) is 2.54. The van der Waals surface area contributed by atoms with Gasteiger partial charge in [-0.2, -0.15) is 0 Å². The van der Waals surface area contributed by atoms with Gasteiger partial charge in [-0.05, 0) is 55.5 Å². The number of ketones is 1. The molecule has 1 heterocycles. The van der Waals surface area contributed by atoms with Crippen molar-refractivity contribution >= 4 is 40.6 Å². The molecule has 0 unspecified atom stereocenters. The Kier molecular flexibility index (Phi) is 5.94. The highest BCUT2D eigenvalue weighted by atomic mass is 16.2. The molecule has 8 heteroatoms. The lowest BCUT2D eigenvalue weighted by molar-refractivity contribution is -0.114. The highest BCUT2D eigenvalue weighted by Gasteiger charge is 2.10. The van der Waals surface area contributed by atoms with Crippen LogP contribution < -0.4 is 16.0 Å². The Bertz CT molecular complexity index is 1060. The van der Waals surface area contributed by atoms with Gasteiger partial charge in [-0.25, -0.2) is 9.97 Å². The molecule has 0 radical (unpaired) electrons. The van der Waals surface area contributed by atoms with Crippen LogP contribution in [0.15, 0.2) is 60.8 Å². The van der Waals surface area contributed by atoms with Crippen LogP contribution in [0.3, 0.4) is 0 Å². The summed E-state index contributed by atoms with van der Waals surface area (Å²) in [5.74, 6) is -0.382. The third-order valence-electron chi connectivity index (χ3n) is 3.88. The monoisotopic (exact) mass is 389 g/mol. The Morgan fingerprint density at radius 2 is 1.55 bits per heavy atom. The van der Waals surface area contributed by atoms with Gasteiger partial charge in [0.15, 0.2) is 5.78 Å². The smallest absolute Gasteiger partial charge is 0.274 e. The molecule has 0 saturated carbocycles. The van der Waals surface area contributed by atoms with Crippen LogP contribution in [-0.4, -0.2) is 27.6 Å². The van der Waals surface area contributed by atoms with Crippen LogP contribution in [0.25, 0.3) is 0 Å². The average molecular weight is 389 g/mol. The highest BCUT2D eigenvalue weighted by molar-refractivity contribution is 6.03. The minimum absolute atomic E-state index is 0.0445. The molecular weight excluding hydrogens is 370 g/mol. The normalized spacial score (nSPS) is 10.1. The number of benzene rings is 2. The summed E-state index contributed by atoms with van der Waals surface area (Å²) in [5, 5.41) is 8.43. The van der Waals surface area contributed by atoms with Gasteiger partial charge in [0.2, 0.25) is 11.9 Å². The molecule has 0 saturated heterocycles. The number of anilines is 4. The molecular formula is C21H19N5O3. The summed E-state index contributed by atoms with van der Waals surface area (Å²) in [6, 6.07) is 15.2. The van der Waals surface area contributed by atoms with Crippen LogP contribution in [0.5, 0.6) is 0 Å². The van der Waals surface area contributed by atoms with E-state index in [0.29, 0.717) is 22.6 Å². The first-order valence-electron chi connectivity index (χ1n) is 8.81. The maximum Gasteiger partial charge on any atom is 0.274 e. The number of carbonyl (C=O) groups excluding carboxylic acids is 3. The first-order chi connectivity index (χ1) is 13.9. The standard InChI is InChI=1S/C21H19N5O3/c1-13(27)15-6-8-16(9-7-15)24-20(29)19-10-11-22-21(26-19)25-18-5-3-4-17(12-18)23-14(2)28/h3-12H,1-2H3,(H,23,28)(H,24,29)(H,22,25,26). The Balaban J connectivity index is 1.71. The van der Waals surface area contributed by atoms with Crippen molar-refractivity contribution in [3.63, 3.8) is 0 Å². The summed E-state index contributed by atoms with van der Waals surface area (Å²) in [5.41, 5.74) is 2.59. The second-order valence-corrected chi connectivity index (χ2v) is 6.24. The summed E-state index contributed by atoms with van der Waals surface area (Å²) in [6.07, 6.45) is 1.47. The van der Waals surface area contributed by atoms with Gasteiger partial charge in [-0.1, -0.05) is 6.07 Å². The van der Waals surface area contributed by atoms with Crippen molar-refractivity contribution in [2.75, 3.05) is 16.0 Å². The van der Waals surface area contributed by atoms with Crippen LogP contribution in [-0.2, 0) is 4.79 Å².